The maximum atomic E-state index is 13.2. The molecule has 0 radical (unpaired) electrons. The van der Waals surface area contributed by atoms with Crippen LogP contribution < -0.4 is 10.6 Å². The number of benzene rings is 2. The molecule has 35 heavy (non-hydrogen) atoms. The molecule has 0 atom stereocenters. The minimum absolute atomic E-state index is 0. The molecular weight excluding hydrogens is 468 g/mol. The molecule has 0 spiro atoms. The molecule has 2 aromatic carbocycles. The Hall–Kier alpha value is -4.24. The van der Waals surface area contributed by atoms with Crippen LogP contribution in [-0.4, -0.2) is 43.9 Å². The third-order valence-corrected chi connectivity index (χ3v) is 5.56. The van der Waals surface area contributed by atoms with Crippen molar-refractivity contribution >= 4 is 47.0 Å². The van der Waals surface area contributed by atoms with Crippen molar-refractivity contribution in [1.29, 1.82) is 5.41 Å². The largest absolute Gasteiger partial charge is 0.480 e. The predicted octanol–water partition coefficient (Wildman–Crippen LogP) is 3.19. The Labute approximate surface area is 208 Å². The summed E-state index contributed by atoms with van der Waals surface area (Å²) in [6.45, 7) is -0.462. The summed E-state index contributed by atoms with van der Waals surface area (Å²) in [4.78, 5) is 34.9. The lowest BCUT2D eigenvalue weighted by Crippen LogP contribution is -2.35. The molecule has 2 heterocycles. The topological polar surface area (TPSA) is 138 Å². The standard InChI is InChI=1S/C25H24N6O3.ClH/c1-30-21(12-9-16-7-10-17(11-8-16)23(26)27)29-20-13-18(14-28-24(20)30)25(34)31(15-22(32)33)19-5-3-2-4-6-19;/h2-8,10-11,13-14H,9,12,15H2,1H3,(H3,26,27)(H,32,33);1H. The van der Waals surface area contributed by atoms with E-state index < -0.39 is 18.4 Å². The number of nitrogen functional groups attached to an aromatic ring is 1. The molecule has 4 rings (SSSR count). The quantitative estimate of drug-likeness (QED) is 0.255. The Morgan fingerprint density at radius 1 is 1.06 bits per heavy atom. The number of amidine groups is 1. The fourth-order valence-electron chi connectivity index (χ4n) is 3.75. The second-order valence-electron chi connectivity index (χ2n) is 7.88. The number of carbonyl (C=O) groups is 2. The first-order chi connectivity index (χ1) is 16.3. The number of amides is 1. The zero-order valence-electron chi connectivity index (χ0n) is 19.0. The van der Waals surface area contributed by atoms with E-state index in [1.807, 2.05) is 35.9 Å². The lowest BCUT2D eigenvalue weighted by atomic mass is 10.1. The number of carboxylic acid groups (broad SMARTS) is 1. The number of hydrogen-bond acceptors (Lipinski definition) is 5. The number of halogens is 1. The van der Waals surface area contributed by atoms with Gasteiger partial charge in [0, 0.05) is 30.9 Å². The molecule has 0 bridgehead atoms. The number of nitrogens with two attached hydrogens (primary N) is 1. The fourth-order valence-corrected chi connectivity index (χ4v) is 3.75. The Morgan fingerprint density at radius 3 is 2.37 bits per heavy atom. The second kappa shape index (κ2) is 10.8. The Kier molecular flexibility index (Phi) is 7.83. The van der Waals surface area contributed by atoms with Gasteiger partial charge in [0.1, 0.15) is 23.7 Å². The van der Waals surface area contributed by atoms with Crippen molar-refractivity contribution in [2.24, 2.45) is 12.8 Å². The number of aryl methyl sites for hydroxylation is 3. The Bertz CT molecular complexity index is 1370. The van der Waals surface area contributed by atoms with Gasteiger partial charge in [0.2, 0.25) is 0 Å². The highest BCUT2D eigenvalue weighted by Crippen LogP contribution is 2.20. The number of anilines is 1. The van der Waals surface area contributed by atoms with Crippen molar-refractivity contribution in [2.75, 3.05) is 11.4 Å². The van der Waals surface area contributed by atoms with E-state index in [2.05, 4.69) is 9.97 Å². The summed E-state index contributed by atoms with van der Waals surface area (Å²) in [6, 6.07) is 17.8. The van der Waals surface area contributed by atoms with E-state index in [1.54, 1.807) is 36.4 Å². The number of imidazole rings is 1. The number of para-hydroxylation sites is 1. The van der Waals surface area contributed by atoms with Crippen LogP contribution in [0.25, 0.3) is 11.2 Å². The number of aromatic nitrogens is 3. The normalized spacial score (nSPS) is 10.5. The van der Waals surface area contributed by atoms with E-state index in [1.165, 1.54) is 11.1 Å². The third-order valence-electron chi connectivity index (χ3n) is 5.56. The van der Waals surface area contributed by atoms with Gasteiger partial charge in [0.15, 0.2) is 5.65 Å². The molecule has 180 valence electrons. The number of aliphatic carboxylic acids is 1. The van der Waals surface area contributed by atoms with Crippen LogP contribution >= 0.6 is 12.4 Å². The lowest BCUT2D eigenvalue weighted by Gasteiger charge is -2.20. The molecule has 4 N–H and O–H groups in total. The van der Waals surface area contributed by atoms with E-state index in [-0.39, 0.29) is 23.8 Å². The first-order valence-corrected chi connectivity index (χ1v) is 10.7. The van der Waals surface area contributed by atoms with Crippen molar-refractivity contribution in [2.45, 2.75) is 12.8 Å². The first-order valence-electron chi connectivity index (χ1n) is 10.7. The summed E-state index contributed by atoms with van der Waals surface area (Å²) >= 11 is 0. The van der Waals surface area contributed by atoms with Crippen molar-refractivity contribution in [3.8, 4) is 0 Å². The van der Waals surface area contributed by atoms with Crippen LogP contribution in [0.15, 0.2) is 66.9 Å². The van der Waals surface area contributed by atoms with Gasteiger partial charge in [-0.15, -0.1) is 12.4 Å². The van der Waals surface area contributed by atoms with Crippen LogP contribution in [0.2, 0.25) is 0 Å². The summed E-state index contributed by atoms with van der Waals surface area (Å²) in [6.07, 6.45) is 2.85. The number of carbonyl (C=O) groups excluding carboxylic acids is 1. The van der Waals surface area contributed by atoms with Gasteiger partial charge in [0.25, 0.3) is 5.91 Å². The number of nitrogens with zero attached hydrogens (tertiary/aromatic N) is 4. The number of rotatable bonds is 8. The zero-order valence-corrected chi connectivity index (χ0v) is 19.8. The summed E-state index contributed by atoms with van der Waals surface area (Å²) in [5, 5.41) is 16.8. The Balaban J connectivity index is 0.00000342. The average Bonchev–Trinajstić information content (AvgIpc) is 3.16. The van der Waals surface area contributed by atoms with Gasteiger partial charge < -0.3 is 15.4 Å². The van der Waals surface area contributed by atoms with Crippen LogP contribution in [0.1, 0.15) is 27.3 Å². The van der Waals surface area contributed by atoms with Gasteiger partial charge in [-0.1, -0.05) is 42.5 Å². The minimum Gasteiger partial charge on any atom is -0.480 e. The molecule has 0 fully saturated rings. The monoisotopic (exact) mass is 492 g/mol. The van der Waals surface area contributed by atoms with E-state index in [0.717, 1.165) is 17.8 Å². The second-order valence-corrected chi connectivity index (χ2v) is 7.88. The van der Waals surface area contributed by atoms with Crippen molar-refractivity contribution in [3.63, 3.8) is 0 Å². The van der Waals surface area contributed by atoms with Crippen molar-refractivity contribution in [3.05, 3.63) is 89.4 Å². The van der Waals surface area contributed by atoms with Crippen LogP contribution in [0.3, 0.4) is 0 Å². The summed E-state index contributed by atoms with van der Waals surface area (Å²) in [5.74, 6) is -0.718. The molecule has 0 aliphatic rings. The molecule has 10 heteroatoms. The average molecular weight is 493 g/mol. The van der Waals surface area contributed by atoms with Crippen molar-refractivity contribution in [1.82, 2.24) is 14.5 Å². The van der Waals surface area contributed by atoms with Gasteiger partial charge in [0.05, 0.1) is 5.56 Å². The van der Waals surface area contributed by atoms with Gasteiger partial charge in [-0.2, -0.15) is 0 Å². The molecule has 9 nitrogen and oxygen atoms in total. The number of hydrogen-bond donors (Lipinski definition) is 3. The number of pyridine rings is 1. The smallest absolute Gasteiger partial charge is 0.323 e. The molecule has 2 aromatic heterocycles. The minimum atomic E-state index is -1.11. The molecule has 0 saturated heterocycles. The highest BCUT2D eigenvalue weighted by atomic mass is 35.5. The van der Waals surface area contributed by atoms with E-state index in [4.69, 9.17) is 11.1 Å². The molecule has 4 aromatic rings. The molecule has 0 saturated carbocycles. The van der Waals surface area contributed by atoms with Crippen LogP contribution in [-0.2, 0) is 24.7 Å². The van der Waals surface area contributed by atoms with E-state index in [9.17, 15) is 14.7 Å². The number of nitrogens with one attached hydrogen (secondary N) is 1. The maximum Gasteiger partial charge on any atom is 0.323 e. The molecule has 0 aliphatic carbocycles. The number of fused-ring (bicyclic) bond motifs is 1. The summed E-state index contributed by atoms with van der Waals surface area (Å²) in [7, 11) is 1.87. The molecular formula is C25H25ClN6O3. The maximum absolute atomic E-state index is 13.2. The SMILES string of the molecule is Cl.Cn1c(CCc2ccc(C(=N)N)cc2)nc2cc(C(=O)N(CC(=O)O)c3ccccc3)cnc21. The molecule has 0 unspecified atom stereocenters. The van der Waals surface area contributed by atoms with Gasteiger partial charge in [-0.3, -0.25) is 19.9 Å². The highest BCUT2D eigenvalue weighted by Gasteiger charge is 2.22. The van der Waals surface area contributed by atoms with E-state index >= 15 is 0 Å². The number of carboxylic acids is 1. The third kappa shape index (κ3) is 5.64. The lowest BCUT2D eigenvalue weighted by molar-refractivity contribution is -0.135. The van der Waals surface area contributed by atoms with Gasteiger partial charge in [-0.25, -0.2) is 9.97 Å². The molecule has 1 amide bonds. The molecule has 0 aliphatic heterocycles. The van der Waals surface area contributed by atoms with Crippen LogP contribution in [0.4, 0.5) is 5.69 Å². The van der Waals surface area contributed by atoms with Gasteiger partial charge >= 0.3 is 5.97 Å². The van der Waals surface area contributed by atoms with Gasteiger partial charge in [-0.05, 0) is 30.2 Å². The summed E-state index contributed by atoms with van der Waals surface area (Å²) in [5.41, 5.74) is 9.25. The Morgan fingerprint density at radius 2 is 1.74 bits per heavy atom. The summed E-state index contributed by atoms with van der Waals surface area (Å²) < 4.78 is 1.89. The zero-order chi connectivity index (χ0) is 24.2. The first kappa shape index (κ1) is 25.4. The van der Waals surface area contributed by atoms with Crippen LogP contribution in [0, 0.1) is 5.41 Å². The van der Waals surface area contributed by atoms with Crippen molar-refractivity contribution < 1.29 is 14.7 Å². The predicted molar refractivity (Wildman–Crippen MR) is 136 cm³/mol. The van der Waals surface area contributed by atoms with Crippen LogP contribution in [0.5, 0.6) is 0 Å². The van der Waals surface area contributed by atoms with E-state index in [0.29, 0.717) is 28.8 Å². The fraction of sp³-hybridized carbons (Fsp3) is 0.160. The highest BCUT2D eigenvalue weighted by molar-refractivity contribution is 6.09.